The molecule has 0 spiro atoms. The van der Waals surface area contributed by atoms with Crippen molar-refractivity contribution in [3.63, 3.8) is 0 Å². The minimum Gasteiger partial charge on any atom is -0.310 e. The van der Waals surface area contributed by atoms with Crippen LogP contribution in [0.15, 0.2) is 36.9 Å². The molecule has 1 aromatic rings. The zero-order valence-electron chi connectivity index (χ0n) is 11.5. The number of hydrogen-bond acceptors (Lipinski definition) is 1. The van der Waals surface area contributed by atoms with Crippen molar-refractivity contribution >= 4 is 0 Å². The fraction of sp³-hybridized carbons (Fsp3) is 0.529. The second-order valence-corrected chi connectivity index (χ2v) is 5.29. The Balaban J connectivity index is 2.19. The van der Waals surface area contributed by atoms with Gasteiger partial charge in [0.05, 0.1) is 0 Å². The van der Waals surface area contributed by atoms with Crippen LogP contribution in [0.2, 0.25) is 0 Å². The van der Waals surface area contributed by atoms with Gasteiger partial charge in [0.2, 0.25) is 0 Å². The lowest BCUT2D eigenvalue weighted by Gasteiger charge is -2.30. The van der Waals surface area contributed by atoms with E-state index in [2.05, 4.69) is 43.1 Å². The maximum atomic E-state index is 3.90. The Morgan fingerprint density at radius 1 is 1.39 bits per heavy atom. The van der Waals surface area contributed by atoms with Gasteiger partial charge in [0.15, 0.2) is 0 Å². The maximum Gasteiger partial charge on any atom is 0.0357 e. The molecule has 1 N–H and O–H groups in total. The van der Waals surface area contributed by atoms with Gasteiger partial charge in [0.1, 0.15) is 0 Å². The SMILES string of the molecule is C=CCC(NCCC)c1ccccc1C1CCC1. The summed E-state index contributed by atoms with van der Waals surface area (Å²) in [6, 6.07) is 9.41. The predicted octanol–water partition coefficient (Wildman–Crippen LogP) is 4.57. The summed E-state index contributed by atoms with van der Waals surface area (Å²) >= 11 is 0. The zero-order valence-corrected chi connectivity index (χ0v) is 11.5. The van der Waals surface area contributed by atoms with Crippen LogP contribution in [0.1, 0.15) is 62.1 Å². The van der Waals surface area contributed by atoms with Crippen molar-refractivity contribution in [1.29, 1.82) is 0 Å². The van der Waals surface area contributed by atoms with Crippen molar-refractivity contribution in [2.75, 3.05) is 6.54 Å². The largest absolute Gasteiger partial charge is 0.310 e. The van der Waals surface area contributed by atoms with Crippen LogP contribution < -0.4 is 5.32 Å². The Labute approximate surface area is 111 Å². The van der Waals surface area contributed by atoms with E-state index in [1.807, 2.05) is 6.08 Å². The highest BCUT2D eigenvalue weighted by atomic mass is 14.9. The molecular weight excluding hydrogens is 218 g/mol. The van der Waals surface area contributed by atoms with Gasteiger partial charge in [-0.25, -0.2) is 0 Å². The number of hydrogen-bond donors (Lipinski definition) is 1. The molecule has 1 aliphatic carbocycles. The van der Waals surface area contributed by atoms with Crippen LogP contribution in [-0.4, -0.2) is 6.54 Å². The van der Waals surface area contributed by atoms with Crippen LogP contribution in [0.3, 0.4) is 0 Å². The third-order valence-electron chi connectivity index (χ3n) is 3.96. The van der Waals surface area contributed by atoms with Gasteiger partial charge in [0.25, 0.3) is 0 Å². The third-order valence-corrected chi connectivity index (χ3v) is 3.96. The van der Waals surface area contributed by atoms with Crippen molar-refractivity contribution < 1.29 is 0 Å². The molecule has 0 radical (unpaired) electrons. The van der Waals surface area contributed by atoms with E-state index < -0.39 is 0 Å². The average Bonchev–Trinajstić information content (AvgIpc) is 2.33. The van der Waals surface area contributed by atoms with Gasteiger partial charge in [-0.1, -0.05) is 43.7 Å². The van der Waals surface area contributed by atoms with Gasteiger partial charge in [0, 0.05) is 6.04 Å². The molecule has 0 saturated heterocycles. The normalized spacial score (nSPS) is 17.2. The Hall–Kier alpha value is -1.08. The van der Waals surface area contributed by atoms with Crippen molar-refractivity contribution in [3.05, 3.63) is 48.0 Å². The summed E-state index contributed by atoms with van der Waals surface area (Å²) in [6.07, 6.45) is 8.36. The average molecular weight is 243 g/mol. The van der Waals surface area contributed by atoms with E-state index in [4.69, 9.17) is 0 Å². The van der Waals surface area contributed by atoms with Gasteiger partial charge in [-0.05, 0) is 49.3 Å². The van der Waals surface area contributed by atoms with E-state index in [1.165, 1.54) is 31.2 Å². The first-order valence-electron chi connectivity index (χ1n) is 7.30. The number of rotatable bonds is 7. The van der Waals surface area contributed by atoms with Crippen LogP contribution in [0.4, 0.5) is 0 Å². The number of nitrogens with one attached hydrogen (secondary N) is 1. The van der Waals surface area contributed by atoms with Gasteiger partial charge in [-0.3, -0.25) is 0 Å². The van der Waals surface area contributed by atoms with Crippen LogP contribution in [0.25, 0.3) is 0 Å². The smallest absolute Gasteiger partial charge is 0.0357 e. The Morgan fingerprint density at radius 3 is 2.78 bits per heavy atom. The molecule has 1 fully saturated rings. The zero-order chi connectivity index (χ0) is 12.8. The van der Waals surface area contributed by atoms with E-state index >= 15 is 0 Å². The van der Waals surface area contributed by atoms with E-state index in [-0.39, 0.29) is 0 Å². The monoisotopic (exact) mass is 243 g/mol. The summed E-state index contributed by atoms with van der Waals surface area (Å²) in [5.74, 6) is 0.803. The molecule has 98 valence electrons. The van der Waals surface area contributed by atoms with Crippen LogP contribution in [0.5, 0.6) is 0 Å². The third kappa shape index (κ3) is 3.02. The molecule has 1 saturated carbocycles. The topological polar surface area (TPSA) is 12.0 Å². The minimum atomic E-state index is 0.444. The highest BCUT2D eigenvalue weighted by Gasteiger charge is 2.24. The molecule has 0 heterocycles. The fourth-order valence-corrected chi connectivity index (χ4v) is 2.72. The molecular formula is C17H25N. The van der Waals surface area contributed by atoms with Crippen molar-refractivity contribution in [2.24, 2.45) is 0 Å². The lowest BCUT2D eigenvalue weighted by Crippen LogP contribution is -2.24. The molecule has 1 aliphatic rings. The van der Waals surface area contributed by atoms with Gasteiger partial charge >= 0.3 is 0 Å². The second kappa shape index (κ2) is 6.75. The van der Waals surface area contributed by atoms with E-state index in [0.29, 0.717) is 6.04 Å². The Morgan fingerprint density at radius 2 is 2.17 bits per heavy atom. The lowest BCUT2D eigenvalue weighted by atomic mass is 9.77. The molecule has 18 heavy (non-hydrogen) atoms. The quantitative estimate of drug-likeness (QED) is 0.692. The summed E-state index contributed by atoms with van der Waals surface area (Å²) in [5.41, 5.74) is 3.06. The summed E-state index contributed by atoms with van der Waals surface area (Å²) < 4.78 is 0. The first kappa shape index (κ1) is 13.4. The Kier molecular flexibility index (Phi) is 5.00. The van der Waals surface area contributed by atoms with Crippen LogP contribution in [0, 0.1) is 0 Å². The van der Waals surface area contributed by atoms with E-state index in [0.717, 1.165) is 18.9 Å². The molecule has 1 unspecified atom stereocenters. The molecule has 0 amide bonds. The van der Waals surface area contributed by atoms with Crippen molar-refractivity contribution in [3.8, 4) is 0 Å². The standard InChI is InChI=1S/C17H25N/c1-3-8-17(18-13-4-2)16-12-6-5-11-15(16)14-9-7-10-14/h3,5-6,11-12,14,17-18H,1,4,7-10,13H2,2H3. The fourth-order valence-electron chi connectivity index (χ4n) is 2.72. The van der Waals surface area contributed by atoms with E-state index in [9.17, 15) is 0 Å². The van der Waals surface area contributed by atoms with Gasteiger partial charge < -0.3 is 5.32 Å². The predicted molar refractivity (Wildman–Crippen MR) is 78.9 cm³/mol. The Bertz CT molecular complexity index is 379. The van der Waals surface area contributed by atoms with Crippen molar-refractivity contribution in [2.45, 2.75) is 51.0 Å². The van der Waals surface area contributed by atoms with Gasteiger partial charge in [-0.15, -0.1) is 6.58 Å². The summed E-state index contributed by atoms with van der Waals surface area (Å²) in [5, 5.41) is 3.66. The van der Waals surface area contributed by atoms with Crippen LogP contribution >= 0.6 is 0 Å². The molecule has 2 rings (SSSR count). The summed E-state index contributed by atoms with van der Waals surface area (Å²) in [4.78, 5) is 0. The molecule has 1 aromatic carbocycles. The van der Waals surface area contributed by atoms with Crippen LogP contribution in [-0.2, 0) is 0 Å². The molecule has 1 nitrogen and oxygen atoms in total. The highest BCUT2D eigenvalue weighted by Crippen LogP contribution is 2.39. The van der Waals surface area contributed by atoms with E-state index in [1.54, 1.807) is 5.56 Å². The summed E-state index contributed by atoms with van der Waals surface area (Å²) in [6.45, 7) is 7.20. The maximum absolute atomic E-state index is 3.90. The minimum absolute atomic E-state index is 0.444. The molecule has 0 bridgehead atoms. The number of benzene rings is 1. The molecule has 1 heteroatoms. The van der Waals surface area contributed by atoms with Gasteiger partial charge in [-0.2, -0.15) is 0 Å². The molecule has 0 aromatic heterocycles. The molecule has 1 atom stereocenters. The first-order chi connectivity index (χ1) is 8.86. The summed E-state index contributed by atoms with van der Waals surface area (Å²) in [7, 11) is 0. The highest BCUT2D eigenvalue weighted by molar-refractivity contribution is 5.34. The first-order valence-corrected chi connectivity index (χ1v) is 7.30. The molecule has 0 aliphatic heterocycles. The lowest BCUT2D eigenvalue weighted by molar-refractivity contribution is 0.411. The second-order valence-electron chi connectivity index (χ2n) is 5.29. The van der Waals surface area contributed by atoms with Crippen molar-refractivity contribution in [1.82, 2.24) is 5.32 Å².